The van der Waals surface area contributed by atoms with Gasteiger partial charge in [0.25, 0.3) is 0 Å². The van der Waals surface area contributed by atoms with Crippen molar-refractivity contribution in [1.82, 2.24) is 10.3 Å². The van der Waals surface area contributed by atoms with Crippen molar-refractivity contribution in [3.05, 3.63) is 23.2 Å². The number of nitrogens with one attached hydrogen (secondary N) is 2. The second-order valence-corrected chi connectivity index (χ2v) is 6.18. The summed E-state index contributed by atoms with van der Waals surface area (Å²) in [5.74, 6) is 0.291. The largest absolute Gasteiger partial charge is 0.308 e. The molecule has 1 heterocycles. The lowest BCUT2D eigenvalue weighted by Gasteiger charge is -2.06. The number of benzene rings is 1. The van der Waals surface area contributed by atoms with Gasteiger partial charge in [-0.1, -0.05) is 22.9 Å². The first-order chi connectivity index (χ1) is 9.58. The fraction of sp³-hybridized carbons (Fsp3) is 0.250. The number of anilines is 1. The lowest BCUT2D eigenvalue weighted by molar-refractivity contribution is -0.119. The number of hydrogen-bond donors (Lipinski definition) is 2. The van der Waals surface area contributed by atoms with Crippen LogP contribution in [0.15, 0.2) is 18.2 Å². The number of hydrogen-bond acceptors (Lipinski definition) is 4. The van der Waals surface area contributed by atoms with Crippen LogP contribution in [0.3, 0.4) is 0 Å². The van der Waals surface area contributed by atoms with E-state index in [0.29, 0.717) is 28.9 Å². The smallest absolute Gasteiger partial charge is 0.226 e. The molecule has 0 aliphatic rings. The first-order valence-electron chi connectivity index (χ1n) is 5.81. The number of alkyl halides is 1. The summed E-state index contributed by atoms with van der Waals surface area (Å²) in [7, 11) is 0. The first-order valence-corrected chi connectivity index (χ1v) is 7.95. The number of carbonyl (C=O) groups excluding carboxylic acids is 1. The molecule has 2 N–H and O–H groups in total. The van der Waals surface area contributed by atoms with Crippen LogP contribution in [0.1, 0.15) is 12.8 Å². The van der Waals surface area contributed by atoms with Crippen LogP contribution in [0.5, 0.6) is 0 Å². The Kier molecular flexibility index (Phi) is 5.54. The Hall–Kier alpha value is -0.950. The number of thiazole rings is 1. The minimum absolute atomic E-state index is 0.160. The summed E-state index contributed by atoms with van der Waals surface area (Å²) >= 11 is 17.9. The lowest BCUT2D eigenvalue weighted by Crippen LogP contribution is -2.33. The summed E-state index contributed by atoms with van der Waals surface area (Å²) in [5.41, 5.74) is 0.832. The number of aromatic nitrogens is 1. The molecule has 4 nitrogen and oxygen atoms in total. The minimum atomic E-state index is -0.160. The molecule has 2 aromatic rings. The number of carbonyl (C=O) groups is 1. The number of fused-ring (bicyclic) bond motifs is 1. The Morgan fingerprint density at radius 2 is 2.25 bits per heavy atom. The molecule has 20 heavy (non-hydrogen) atoms. The molecule has 0 aliphatic carbocycles. The fourth-order valence-corrected chi connectivity index (χ4v) is 3.05. The van der Waals surface area contributed by atoms with E-state index in [9.17, 15) is 4.79 Å². The molecule has 0 saturated heterocycles. The van der Waals surface area contributed by atoms with Gasteiger partial charge in [0.15, 0.2) is 10.2 Å². The van der Waals surface area contributed by atoms with Gasteiger partial charge in [0.1, 0.15) is 0 Å². The van der Waals surface area contributed by atoms with Crippen molar-refractivity contribution in [2.24, 2.45) is 0 Å². The lowest BCUT2D eigenvalue weighted by atomic mass is 10.3. The van der Waals surface area contributed by atoms with E-state index in [4.69, 9.17) is 35.4 Å². The van der Waals surface area contributed by atoms with Crippen LogP contribution >= 0.6 is 46.8 Å². The highest BCUT2D eigenvalue weighted by Crippen LogP contribution is 2.28. The van der Waals surface area contributed by atoms with Gasteiger partial charge in [0.05, 0.1) is 10.2 Å². The van der Waals surface area contributed by atoms with E-state index >= 15 is 0 Å². The zero-order valence-corrected chi connectivity index (χ0v) is 13.4. The topological polar surface area (TPSA) is 54.0 Å². The number of rotatable bonds is 4. The Balaban J connectivity index is 1.97. The van der Waals surface area contributed by atoms with Crippen molar-refractivity contribution in [3.63, 3.8) is 0 Å². The Bertz CT molecular complexity index is 645. The van der Waals surface area contributed by atoms with Crippen LogP contribution in [0.25, 0.3) is 10.2 Å². The van der Waals surface area contributed by atoms with E-state index in [1.54, 1.807) is 6.07 Å². The molecule has 1 aromatic carbocycles. The van der Waals surface area contributed by atoms with Gasteiger partial charge in [0.2, 0.25) is 5.91 Å². The molecule has 106 valence electrons. The molecule has 1 amide bonds. The third kappa shape index (κ3) is 4.28. The second kappa shape index (κ2) is 7.17. The summed E-state index contributed by atoms with van der Waals surface area (Å²) in [5, 5.41) is 6.98. The predicted octanol–water partition coefficient (Wildman–Crippen LogP) is 3.78. The normalized spacial score (nSPS) is 10.5. The maximum Gasteiger partial charge on any atom is 0.226 e. The van der Waals surface area contributed by atoms with Crippen molar-refractivity contribution in [2.45, 2.75) is 12.8 Å². The minimum Gasteiger partial charge on any atom is -0.308 e. The first kappa shape index (κ1) is 15.4. The highest BCUT2D eigenvalue weighted by Gasteiger charge is 2.08. The summed E-state index contributed by atoms with van der Waals surface area (Å²) in [4.78, 5) is 15.8. The van der Waals surface area contributed by atoms with Crippen LogP contribution in [-0.2, 0) is 4.79 Å². The Morgan fingerprint density at radius 1 is 1.45 bits per heavy atom. The van der Waals surface area contributed by atoms with E-state index in [1.807, 2.05) is 12.1 Å². The summed E-state index contributed by atoms with van der Waals surface area (Å²) in [6, 6.07) is 5.45. The molecule has 0 atom stereocenters. The number of nitrogens with zero attached hydrogens (tertiary/aromatic N) is 1. The van der Waals surface area contributed by atoms with E-state index < -0.39 is 0 Å². The van der Waals surface area contributed by atoms with Gasteiger partial charge in [-0.05, 0) is 36.8 Å². The Morgan fingerprint density at radius 3 is 3.00 bits per heavy atom. The van der Waals surface area contributed by atoms with E-state index in [2.05, 4.69) is 15.6 Å². The fourth-order valence-electron chi connectivity index (χ4n) is 1.50. The van der Waals surface area contributed by atoms with Gasteiger partial charge in [0, 0.05) is 17.3 Å². The third-order valence-corrected chi connectivity index (χ3v) is 4.00. The monoisotopic (exact) mass is 347 g/mol. The molecule has 0 aliphatic heterocycles. The van der Waals surface area contributed by atoms with Crippen molar-refractivity contribution < 1.29 is 4.79 Å². The predicted molar refractivity (Wildman–Crippen MR) is 88.9 cm³/mol. The summed E-state index contributed by atoms with van der Waals surface area (Å²) < 4.78 is 0.955. The van der Waals surface area contributed by atoms with E-state index in [-0.39, 0.29) is 11.0 Å². The van der Waals surface area contributed by atoms with Crippen LogP contribution in [0.2, 0.25) is 5.02 Å². The van der Waals surface area contributed by atoms with Crippen molar-refractivity contribution in [3.8, 4) is 0 Å². The zero-order valence-electron chi connectivity index (χ0n) is 10.3. The quantitative estimate of drug-likeness (QED) is 0.652. The Labute approximate surface area is 135 Å². The number of thiocarbonyl (C=S) groups is 1. The molecule has 0 unspecified atom stereocenters. The highest BCUT2D eigenvalue weighted by atomic mass is 35.5. The SMILES string of the molecule is O=C(CCCCl)NC(=S)Nc1nc2ccc(Cl)cc2s1. The molecular weight excluding hydrogens is 337 g/mol. The van der Waals surface area contributed by atoms with Gasteiger partial charge in [-0.3, -0.25) is 4.79 Å². The summed E-state index contributed by atoms with van der Waals surface area (Å²) in [6.07, 6.45) is 0.969. The molecular formula is C12H11Cl2N3OS2. The molecule has 0 bridgehead atoms. The standard InChI is InChI=1S/C12H11Cl2N3OS2/c13-5-1-2-10(18)16-11(19)17-12-15-8-4-3-7(14)6-9(8)20-12/h3-4,6H,1-2,5H2,(H2,15,16,17,18,19). The number of halogens is 2. The highest BCUT2D eigenvalue weighted by molar-refractivity contribution is 7.80. The van der Waals surface area contributed by atoms with Gasteiger partial charge in [-0.25, -0.2) is 4.98 Å². The van der Waals surface area contributed by atoms with Gasteiger partial charge >= 0.3 is 0 Å². The van der Waals surface area contributed by atoms with Crippen LogP contribution in [0.4, 0.5) is 5.13 Å². The maximum atomic E-state index is 11.5. The third-order valence-electron chi connectivity index (χ3n) is 2.36. The molecule has 0 radical (unpaired) electrons. The molecule has 1 aromatic heterocycles. The zero-order chi connectivity index (χ0) is 14.5. The van der Waals surface area contributed by atoms with E-state index in [1.165, 1.54) is 11.3 Å². The average molecular weight is 348 g/mol. The molecule has 8 heteroatoms. The van der Waals surface area contributed by atoms with Crippen LogP contribution < -0.4 is 10.6 Å². The van der Waals surface area contributed by atoms with Gasteiger partial charge < -0.3 is 10.6 Å². The van der Waals surface area contributed by atoms with E-state index in [0.717, 1.165) is 10.2 Å². The maximum absolute atomic E-state index is 11.5. The van der Waals surface area contributed by atoms with Gasteiger partial charge in [-0.2, -0.15) is 0 Å². The van der Waals surface area contributed by atoms with Crippen molar-refractivity contribution >= 4 is 73.1 Å². The molecule has 0 saturated carbocycles. The average Bonchev–Trinajstić information content (AvgIpc) is 2.77. The number of amides is 1. The molecule has 2 rings (SSSR count). The van der Waals surface area contributed by atoms with Crippen LogP contribution in [-0.4, -0.2) is 21.9 Å². The molecule has 0 spiro atoms. The summed E-state index contributed by atoms with van der Waals surface area (Å²) in [6.45, 7) is 0. The van der Waals surface area contributed by atoms with Crippen molar-refractivity contribution in [2.75, 3.05) is 11.2 Å². The van der Waals surface area contributed by atoms with Gasteiger partial charge in [-0.15, -0.1) is 11.6 Å². The van der Waals surface area contributed by atoms with Crippen LogP contribution in [0, 0.1) is 0 Å². The van der Waals surface area contributed by atoms with Crippen molar-refractivity contribution in [1.29, 1.82) is 0 Å². The molecule has 0 fully saturated rings. The second-order valence-electron chi connectivity index (χ2n) is 3.93.